The molecule has 4 aromatic rings. The van der Waals surface area contributed by atoms with Crippen LogP contribution in [0.3, 0.4) is 0 Å². The van der Waals surface area contributed by atoms with Gasteiger partial charge in [-0.2, -0.15) is 0 Å². The molecular weight excluding hydrogens is 432 g/mol. The van der Waals surface area contributed by atoms with Gasteiger partial charge in [0.2, 0.25) is 11.9 Å². The third-order valence-corrected chi connectivity index (χ3v) is 6.41. The van der Waals surface area contributed by atoms with E-state index in [9.17, 15) is 0 Å². The number of fused-ring (bicyclic) bond motifs is 6. The highest BCUT2D eigenvalue weighted by molar-refractivity contribution is 5.98. The van der Waals surface area contributed by atoms with Crippen LogP contribution in [0.15, 0.2) is 70.3 Å². The number of rotatable bonds is 3. The quantitative estimate of drug-likeness (QED) is 0.505. The van der Waals surface area contributed by atoms with Gasteiger partial charge in [-0.3, -0.25) is 14.4 Å². The second kappa shape index (κ2) is 7.81. The highest BCUT2D eigenvalue weighted by atomic mass is 16.5. The summed E-state index contributed by atoms with van der Waals surface area (Å²) in [6, 6.07) is 18.3. The second-order valence-electron chi connectivity index (χ2n) is 8.67. The molecule has 0 saturated heterocycles. The summed E-state index contributed by atoms with van der Waals surface area (Å²) in [6.07, 6.45) is 2.41. The van der Waals surface area contributed by atoms with Gasteiger partial charge in [0.05, 0.1) is 50.4 Å². The van der Waals surface area contributed by atoms with Crippen molar-refractivity contribution in [2.75, 3.05) is 31.5 Å². The molecule has 0 saturated carbocycles. The van der Waals surface area contributed by atoms with Gasteiger partial charge in [-0.05, 0) is 42.0 Å². The number of furan rings is 1. The fourth-order valence-electron chi connectivity index (χ4n) is 4.81. The molecule has 2 aromatic heterocycles. The van der Waals surface area contributed by atoms with Crippen molar-refractivity contribution >= 4 is 22.9 Å². The Morgan fingerprint density at radius 3 is 2.82 bits per heavy atom. The predicted molar refractivity (Wildman–Crippen MR) is 127 cm³/mol. The predicted octanol–water partition coefficient (Wildman–Crippen LogP) is 3.53. The number of imidazole rings is 1. The number of hydrogen-bond donors (Lipinski definition) is 1. The molecule has 0 bridgehead atoms. The Kier molecular flexibility index (Phi) is 4.47. The highest BCUT2D eigenvalue weighted by Gasteiger charge is 2.36. The molecule has 1 N–H and O–H groups in total. The van der Waals surface area contributed by atoms with Crippen molar-refractivity contribution in [1.29, 1.82) is 0 Å². The smallest absolute Gasteiger partial charge is 0.216 e. The van der Waals surface area contributed by atoms with Gasteiger partial charge in [-0.15, -0.1) is 0 Å². The summed E-state index contributed by atoms with van der Waals surface area (Å²) in [5, 5.41) is 3.66. The summed E-state index contributed by atoms with van der Waals surface area (Å²) in [7, 11) is 0. The van der Waals surface area contributed by atoms with E-state index >= 15 is 0 Å². The van der Waals surface area contributed by atoms with Crippen molar-refractivity contribution in [3.05, 3.63) is 72.2 Å². The van der Waals surface area contributed by atoms with Gasteiger partial charge in [-0.25, -0.2) is 9.98 Å². The topological polar surface area (TPSA) is 80.3 Å². The third kappa shape index (κ3) is 3.19. The van der Waals surface area contributed by atoms with E-state index in [1.54, 1.807) is 6.26 Å². The lowest BCUT2D eigenvalue weighted by molar-refractivity contribution is 0.243. The molecule has 3 aliphatic heterocycles. The average Bonchev–Trinajstić information content (AvgIpc) is 3.45. The molecule has 0 fully saturated rings. The van der Waals surface area contributed by atoms with Crippen LogP contribution in [0, 0.1) is 0 Å². The number of ether oxygens (including phenoxy) is 2. The van der Waals surface area contributed by atoms with Crippen LogP contribution >= 0.6 is 0 Å². The molecule has 1 atom stereocenters. The monoisotopic (exact) mass is 456 g/mol. The summed E-state index contributed by atoms with van der Waals surface area (Å²) in [6.45, 7) is 3.24. The van der Waals surface area contributed by atoms with Gasteiger partial charge in [0.15, 0.2) is 11.5 Å². The Morgan fingerprint density at radius 2 is 1.91 bits per heavy atom. The van der Waals surface area contributed by atoms with E-state index in [2.05, 4.69) is 37.9 Å². The van der Waals surface area contributed by atoms with Crippen LogP contribution in [0.1, 0.15) is 23.9 Å². The lowest BCUT2D eigenvalue weighted by Gasteiger charge is -2.41. The molecule has 0 radical (unpaired) electrons. The molecule has 2 aromatic carbocycles. The summed E-state index contributed by atoms with van der Waals surface area (Å²) < 4.78 is 19.6. The zero-order valence-electron chi connectivity index (χ0n) is 18.6. The zero-order valence-corrected chi connectivity index (χ0v) is 18.6. The van der Waals surface area contributed by atoms with Gasteiger partial charge in [-0.1, -0.05) is 18.2 Å². The van der Waals surface area contributed by atoms with Gasteiger partial charge < -0.3 is 19.2 Å². The lowest BCUT2D eigenvalue weighted by atomic mass is 10.1. The standard InChI is InChI=1S/C25H24N6O3/c1-2-7-20-19(6-1)27-25-30-16-29(14-18-5-3-10-32-18)15-26-24(30)28-23(31(20)25)17-8-9-21-22(13-17)34-12-4-11-33-21/h1-3,5-10,13,23H,4,11-12,14-16H2,(H,26,28). The lowest BCUT2D eigenvalue weighted by Crippen LogP contribution is -2.57. The maximum absolute atomic E-state index is 5.97. The van der Waals surface area contributed by atoms with Crippen molar-refractivity contribution in [1.82, 2.24) is 19.8 Å². The number of anilines is 1. The first-order chi connectivity index (χ1) is 16.8. The molecule has 0 amide bonds. The van der Waals surface area contributed by atoms with E-state index in [1.165, 1.54) is 0 Å². The molecule has 172 valence electrons. The number of hydrogen-bond acceptors (Lipinski definition) is 8. The molecule has 5 heterocycles. The summed E-state index contributed by atoms with van der Waals surface area (Å²) in [4.78, 5) is 14.2. The number of aromatic nitrogens is 2. The number of nitrogens with one attached hydrogen (secondary N) is 1. The van der Waals surface area contributed by atoms with Gasteiger partial charge in [0.1, 0.15) is 11.9 Å². The van der Waals surface area contributed by atoms with E-state index in [0.29, 0.717) is 33.1 Å². The number of para-hydroxylation sites is 2. The van der Waals surface area contributed by atoms with E-state index in [0.717, 1.165) is 52.2 Å². The Labute approximate surface area is 196 Å². The minimum Gasteiger partial charge on any atom is -0.490 e. The highest BCUT2D eigenvalue weighted by Crippen LogP contribution is 2.37. The Bertz CT molecular complexity index is 1380. The number of guanidine groups is 1. The minimum atomic E-state index is -0.175. The van der Waals surface area contributed by atoms with Crippen LogP contribution < -0.4 is 19.7 Å². The molecule has 34 heavy (non-hydrogen) atoms. The van der Waals surface area contributed by atoms with Crippen LogP contribution in [-0.2, 0) is 6.54 Å². The minimum absolute atomic E-state index is 0.175. The molecule has 0 spiro atoms. The van der Waals surface area contributed by atoms with E-state index < -0.39 is 0 Å². The average molecular weight is 457 g/mol. The van der Waals surface area contributed by atoms with Crippen molar-refractivity contribution in [3.8, 4) is 11.5 Å². The number of nitrogens with zero attached hydrogens (tertiary/aromatic N) is 5. The molecule has 0 aliphatic carbocycles. The van der Waals surface area contributed by atoms with Crippen molar-refractivity contribution in [3.63, 3.8) is 0 Å². The first kappa shape index (κ1) is 19.5. The van der Waals surface area contributed by atoms with E-state index in [1.807, 2.05) is 36.4 Å². The fourth-order valence-corrected chi connectivity index (χ4v) is 4.81. The SMILES string of the molecule is c1coc(CN2CN=C3NC(c4ccc5c(c4)OCCCO5)n4c(nc5ccccc54)N3C2)c1. The normalized spacial score (nSPS) is 19.7. The molecule has 7 rings (SSSR count). The van der Waals surface area contributed by atoms with Crippen LogP contribution in [0.2, 0.25) is 0 Å². The van der Waals surface area contributed by atoms with E-state index in [4.69, 9.17) is 23.9 Å². The molecule has 3 aliphatic rings. The van der Waals surface area contributed by atoms with Crippen LogP contribution in [0.25, 0.3) is 11.0 Å². The third-order valence-electron chi connectivity index (χ3n) is 6.41. The molecular formula is C25H24N6O3. The van der Waals surface area contributed by atoms with Crippen molar-refractivity contribution in [2.24, 2.45) is 4.99 Å². The maximum Gasteiger partial charge on any atom is 0.216 e. The summed E-state index contributed by atoms with van der Waals surface area (Å²) >= 11 is 0. The first-order valence-corrected chi connectivity index (χ1v) is 11.5. The Morgan fingerprint density at radius 1 is 1.00 bits per heavy atom. The van der Waals surface area contributed by atoms with E-state index in [-0.39, 0.29) is 6.17 Å². The van der Waals surface area contributed by atoms with Crippen molar-refractivity contribution in [2.45, 2.75) is 19.1 Å². The summed E-state index contributed by atoms with van der Waals surface area (Å²) in [5.74, 6) is 4.16. The number of aliphatic imine (C=N–C) groups is 1. The first-order valence-electron chi connectivity index (χ1n) is 11.5. The number of benzene rings is 2. The molecule has 1 unspecified atom stereocenters. The Hall–Kier alpha value is -3.98. The van der Waals surface area contributed by atoms with Crippen LogP contribution in [0.5, 0.6) is 11.5 Å². The van der Waals surface area contributed by atoms with Gasteiger partial charge >= 0.3 is 0 Å². The molecule has 9 nitrogen and oxygen atoms in total. The summed E-state index contributed by atoms with van der Waals surface area (Å²) in [5.41, 5.74) is 3.07. The van der Waals surface area contributed by atoms with Crippen molar-refractivity contribution < 1.29 is 13.9 Å². The zero-order chi connectivity index (χ0) is 22.5. The fraction of sp³-hybridized carbons (Fsp3) is 0.280. The van der Waals surface area contributed by atoms with Gasteiger partial charge in [0, 0.05) is 6.42 Å². The second-order valence-corrected chi connectivity index (χ2v) is 8.67. The van der Waals surface area contributed by atoms with Crippen LogP contribution in [0.4, 0.5) is 5.95 Å². The largest absolute Gasteiger partial charge is 0.490 e. The Balaban J connectivity index is 1.31. The maximum atomic E-state index is 5.97. The van der Waals surface area contributed by atoms with Crippen LogP contribution in [-0.4, -0.2) is 47.0 Å². The van der Waals surface area contributed by atoms with Gasteiger partial charge in [0.25, 0.3) is 0 Å². The molecule has 9 heteroatoms.